The quantitative estimate of drug-likeness (QED) is 0.783. The molecule has 1 aliphatic heterocycles. The molecule has 1 fully saturated rings. The van der Waals surface area contributed by atoms with Crippen molar-refractivity contribution in [1.29, 1.82) is 0 Å². The third kappa shape index (κ3) is 5.49. The number of piperidine rings is 1. The lowest BCUT2D eigenvalue weighted by molar-refractivity contribution is 0.0210. The van der Waals surface area contributed by atoms with Gasteiger partial charge in [0.2, 0.25) is 0 Å². The number of aryl methyl sites for hydroxylation is 1. The third-order valence-corrected chi connectivity index (χ3v) is 4.79. The van der Waals surface area contributed by atoms with Crippen molar-refractivity contribution in [1.82, 2.24) is 4.90 Å². The highest BCUT2D eigenvalue weighted by atomic mass is 16.6. The summed E-state index contributed by atoms with van der Waals surface area (Å²) in [5.74, 6) is 0. The van der Waals surface area contributed by atoms with Gasteiger partial charge in [0.1, 0.15) is 5.60 Å². The van der Waals surface area contributed by atoms with Crippen LogP contribution in [0.1, 0.15) is 39.2 Å². The predicted molar refractivity (Wildman–Crippen MR) is 111 cm³/mol. The molecule has 3 rings (SSSR count). The van der Waals surface area contributed by atoms with Gasteiger partial charge in [0, 0.05) is 24.8 Å². The van der Waals surface area contributed by atoms with Crippen LogP contribution in [0.2, 0.25) is 0 Å². The van der Waals surface area contributed by atoms with Crippen LogP contribution in [0.3, 0.4) is 0 Å². The molecule has 2 aromatic rings. The first kappa shape index (κ1) is 19.3. The Morgan fingerprint density at radius 3 is 2.00 bits per heavy atom. The number of amides is 1. The van der Waals surface area contributed by atoms with Gasteiger partial charge in [-0.15, -0.1) is 0 Å². The van der Waals surface area contributed by atoms with Crippen LogP contribution in [-0.2, 0) is 4.74 Å². The van der Waals surface area contributed by atoms with Gasteiger partial charge < -0.3 is 15.0 Å². The third-order valence-electron chi connectivity index (χ3n) is 4.79. The minimum Gasteiger partial charge on any atom is -0.444 e. The second-order valence-electron chi connectivity index (χ2n) is 8.33. The van der Waals surface area contributed by atoms with Crippen LogP contribution in [0, 0.1) is 6.92 Å². The number of nitrogens with zero attached hydrogens (tertiary/aromatic N) is 1. The van der Waals surface area contributed by atoms with Crippen molar-refractivity contribution >= 4 is 11.8 Å². The second-order valence-corrected chi connectivity index (χ2v) is 8.33. The van der Waals surface area contributed by atoms with Gasteiger partial charge in [0.25, 0.3) is 0 Å². The first-order valence-electron chi connectivity index (χ1n) is 9.72. The maximum atomic E-state index is 12.2. The first-order valence-corrected chi connectivity index (χ1v) is 9.72. The summed E-state index contributed by atoms with van der Waals surface area (Å²) in [6, 6.07) is 17.6. The first-order chi connectivity index (χ1) is 12.8. The van der Waals surface area contributed by atoms with Crippen LogP contribution < -0.4 is 5.32 Å². The van der Waals surface area contributed by atoms with Crippen molar-refractivity contribution in [3.63, 3.8) is 0 Å². The fraction of sp³-hybridized carbons (Fsp3) is 0.435. The molecule has 27 heavy (non-hydrogen) atoms. The Morgan fingerprint density at radius 1 is 0.963 bits per heavy atom. The number of likely N-dealkylation sites (tertiary alicyclic amines) is 1. The van der Waals surface area contributed by atoms with Crippen LogP contribution in [-0.4, -0.2) is 35.7 Å². The summed E-state index contributed by atoms with van der Waals surface area (Å²) in [7, 11) is 0. The molecule has 0 saturated carbocycles. The molecule has 0 atom stereocenters. The fourth-order valence-electron chi connectivity index (χ4n) is 3.27. The van der Waals surface area contributed by atoms with E-state index >= 15 is 0 Å². The monoisotopic (exact) mass is 366 g/mol. The lowest BCUT2D eigenvalue weighted by Crippen LogP contribution is -2.44. The topological polar surface area (TPSA) is 41.6 Å². The molecule has 0 spiro atoms. The van der Waals surface area contributed by atoms with Gasteiger partial charge >= 0.3 is 6.09 Å². The molecule has 0 radical (unpaired) electrons. The highest BCUT2D eigenvalue weighted by molar-refractivity contribution is 5.68. The molecule has 144 valence electrons. The van der Waals surface area contributed by atoms with Gasteiger partial charge in [-0.2, -0.15) is 0 Å². The Labute approximate surface area is 162 Å². The Bertz CT molecular complexity index is 752. The van der Waals surface area contributed by atoms with Gasteiger partial charge in [-0.25, -0.2) is 4.79 Å². The number of rotatable bonds is 3. The molecular weight excluding hydrogens is 336 g/mol. The number of carbonyl (C=O) groups excluding carboxylic acids is 1. The summed E-state index contributed by atoms with van der Waals surface area (Å²) in [6.45, 7) is 9.27. The van der Waals surface area contributed by atoms with E-state index in [9.17, 15) is 4.79 Å². The maximum Gasteiger partial charge on any atom is 0.410 e. The molecule has 0 unspecified atom stereocenters. The van der Waals surface area contributed by atoms with Crippen LogP contribution in [0.5, 0.6) is 0 Å². The van der Waals surface area contributed by atoms with Crippen molar-refractivity contribution in [3.05, 3.63) is 54.1 Å². The highest BCUT2D eigenvalue weighted by Crippen LogP contribution is 2.24. The molecule has 4 heteroatoms. The van der Waals surface area contributed by atoms with E-state index in [-0.39, 0.29) is 6.09 Å². The molecule has 1 heterocycles. The standard InChI is InChI=1S/C23H30N2O2/c1-17-5-7-18(8-6-17)19-9-11-20(12-10-19)24-21-13-15-25(16-14-21)22(26)27-23(2,3)4/h5-12,21,24H,13-16H2,1-4H3. The predicted octanol–water partition coefficient (Wildman–Crippen LogP) is 5.47. The SMILES string of the molecule is Cc1ccc(-c2ccc(NC3CCN(C(=O)OC(C)(C)C)CC3)cc2)cc1. The lowest BCUT2D eigenvalue weighted by Gasteiger charge is -2.34. The Kier molecular flexibility index (Phi) is 5.73. The summed E-state index contributed by atoms with van der Waals surface area (Å²) in [5, 5.41) is 3.60. The molecule has 1 N–H and O–H groups in total. The van der Waals surface area contributed by atoms with Gasteiger partial charge in [-0.05, 0) is 63.8 Å². The molecular formula is C23H30N2O2. The van der Waals surface area contributed by atoms with E-state index in [0.29, 0.717) is 6.04 Å². The van der Waals surface area contributed by atoms with Gasteiger partial charge in [-0.3, -0.25) is 0 Å². The largest absolute Gasteiger partial charge is 0.444 e. The smallest absolute Gasteiger partial charge is 0.410 e. The van der Waals surface area contributed by atoms with E-state index in [1.807, 2.05) is 25.7 Å². The number of anilines is 1. The van der Waals surface area contributed by atoms with Crippen LogP contribution in [0.4, 0.5) is 10.5 Å². The average molecular weight is 367 g/mol. The minimum atomic E-state index is -0.439. The minimum absolute atomic E-state index is 0.205. The second kappa shape index (κ2) is 8.03. The van der Waals surface area contributed by atoms with Crippen molar-refractivity contribution in [3.8, 4) is 11.1 Å². The van der Waals surface area contributed by atoms with E-state index in [0.717, 1.165) is 31.6 Å². The molecule has 4 nitrogen and oxygen atoms in total. The molecule has 1 aliphatic rings. The van der Waals surface area contributed by atoms with Crippen LogP contribution in [0.15, 0.2) is 48.5 Å². The molecule has 0 bridgehead atoms. The summed E-state index contributed by atoms with van der Waals surface area (Å²) < 4.78 is 5.46. The number of hydrogen-bond donors (Lipinski definition) is 1. The molecule has 2 aromatic carbocycles. The number of benzene rings is 2. The number of hydrogen-bond acceptors (Lipinski definition) is 3. The molecule has 0 aliphatic carbocycles. The Hall–Kier alpha value is -2.49. The lowest BCUT2D eigenvalue weighted by atomic mass is 10.0. The maximum absolute atomic E-state index is 12.2. The fourth-order valence-corrected chi connectivity index (χ4v) is 3.27. The summed E-state index contributed by atoms with van der Waals surface area (Å²) in [6.07, 6.45) is 1.65. The van der Waals surface area contributed by atoms with Crippen LogP contribution in [0.25, 0.3) is 11.1 Å². The van der Waals surface area contributed by atoms with E-state index in [1.54, 1.807) is 0 Å². The average Bonchev–Trinajstić information content (AvgIpc) is 2.62. The Balaban J connectivity index is 1.52. The molecule has 1 saturated heterocycles. The van der Waals surface area contributed by atoms with E-state index in [4.69, 9.17) is 4.74 Å². The zero-order valence-electron chi connectivity index (χ0n) is 16.8. The zero-order chi connectivity index (χ0) is 19.4. The van der Waals surface area contributed by atoms with Gasteiger partial charge in [0.15, 0.2) is 0 Å². The van der Waals surface area contributed by atoms with Crippen molar-refractivity contribution in [2.24, 2.45) is 0 Å². The number of carbonyl (C=O) groups is 1. The van der Waals surface area contributed by atoms with E-state index in [1.165, 1.54) is 16.7 Å². The molecule has 0 aromatic heterocycles. The van der Waals surface area contributed by atoms with Crippen molar-refractivity contribution < 1.29 is 9.53 Å². The highest BCUT2D eigenvalue weighted by Gasteiger charge is 2.26. The van der Waals surface area contributed by atoms with Crippen molar-refractivity contribution in [2.45, 2.75) is 52.2 Å². The zero-order valence-corrected chi connectivity index (χ0v) is 16.8. The summed E-state index contributed by atoms with van der Waals surface area (Å²) in [5.41, 5.74) is 4.42. The number of ether oxygens (including phenoxy) is 1. The van der Waals surface area contributed by atoms with E-state index < -0.39 is 5.60 Å². The van der Waals surface area contributed by atoms with Crippen molar-refractivity contribution in [2.75, 3.05) is 18.4 Å². The van der Waals surface area contributed by atoms with Gasteiger partial charge in [0.05, 0.1) is 0 Å². The van der Waals surface area contributed by atoms with E-state index in [2.05, 4.69) is 60.8 Å². The normalized spacial score (nSPS) is 15.5. The molecule has 1 amide bonds. The Morgan fingerprint density at radius 2 is 1.48 bits per heavy atom. The number of nitrogens with one attached hydrogen (secondary N) is 1. The summed E-state index contributed by atoms with van der Waals surface area (Å²) >= 11 is 0. The van der Waals surface area contributed by atoms with Gasteiger partial charge in [-0.1, -0.05) is 42.0 Å². The summed E-state index contributed by atoms with van der Waals surface area (Å²) in [4.78, 5) is 14.0. The van der Waals surface area contributed by atoms with Crippen LogP contribution >= 0.6 is 0 Å².